The maximum Gasteiger partial charge on any atom is 0.318 e. The standard InChI is InChI=1S/C16H21N5O2S2/c1-3-9-4-5-11-10(6-9)7-12(25-11)14-19-20-16(21(14)2)24-8-13(22)18-15(17)23/h7,9H,3-6,8H2,1-2H3,(H3,17,18,22,23)/t9-/m1/s1. The first-order valence-electron chi connectivity index (χ1n) is 8.21. The number of nitrogens with one attached hydrogen (secondary N) is 1. The van der Waals surface area contributed by atoms with E-state index in [-0.39, 0.29) is 5.75 Å². The van der Waals surface area contributed by atoms with E-state index in [1.807, 2.05) is 16.9 Å². The first kappa shape index (κ1) is 17.9. The van der Waals surface area contributed by atoms with E-state index < -0.39 is 11.9 Å². The molecule has 7 nitrogen and oxygen atoms in total. The van der Waals surface area contributed by atoms with Gasteiger partial charge >= 0.3 is 6.03 Å². The summed E-state index contributed by atoms with van der Waals surface area (Å²) in [6, 6.07) is 1.39. The molecule has 0 aromatic carbocycles. The largest absolute Gasteiger partial charge is 0.351 e. The Kier molecular flexibility index (Phi) is 5.43. The second kappa shape index (κ2) is 7.57. The monoisotopic (exact) mass is 379 g/mol. The third kappa shape index (κ3) is 4.04. The average molecular weight is 380 g/mol. The number of primary amides is 1. The molecule has 9 heteroatoms. The molecule has 1 aliphatic carbocycles. The minimum atomic E-state index is -0.848. The maximum absolute atomic E-state index is 11.5. The van der Waals surface area contributed by atoms with Crippen LogP contribution in [0.5, 0.6) is 0 Å². The first-order chi connectivity index (χ1) is 12.0. The van der Waals surface area contributed by atoms with Crippen LogP contribution in [0.15, 0.2) is 11.2 Å². The van der Waals surface area contributed by atoms with Gasteiger partial charge in [0.25, 0.3) is 0 Å². The van der Waals surface area contributed by atoms with Crippen LogP contribution in [0, 0.1) is 5.92 Å². The van der Waals surface area contributed by atoms with Gasteiger partial charge in [0.05, 0.1) is 10.6 Å². The van der Waals surface area contributed by atoms with Gasteiger partial charge < -0.3 is 10.3 Å². The second-order valence-corrected chi connectivity index (χ2v) is 8.22. The van der Waals surface area contributed by atoms with E-state index in [1.165, 1.54) is 35.0 Å². The minimum Gasteiger partial charge on any atom is -0.351 e. The van der Waals surface area contributed by atoms with Gasteiger partial charge in [-0.25, -0.2) is 4.79 Å². The Morgan fingerprint density at radius 3 is 3.00 bits per heavy atom. The summed E-state index contributed by atoms with van der Waals surface area (Å²) in [5.41, 5.74) is 6.37. The number of nitrogens with two attached hydrogens (primary N) is 1. The molecule has 2 heterocycles. The number of aryl methyl sites for hydroxylation is 1. The summed E-state index contributed by atoms with van der Waals surface area (Å²) in [6.07, 6.45) is 4.78. The molecule has 25 heavy (non-hydrogen) atoms. The molecule has 0 bridgehead atoms. The molecule has 0 unspecified atom stereocenters. The highest BCUT2D eigenvalue weighted by Crippen LogP contribution is 2.37. The predicted molar refractivity (Wildman–Crippen MR) is 98.6 cm³/mol. The van der Waals surface area contributed by atoms with Crippen LogP contribution < -0.4 is 11.1 Å². The lowest BCUT2D eigenvalue weighted by Gasteiger charge is -2.19. The van der Waals surface area contributed by atoms with Gasteiger partial charge in [-0.15, -0.1) is 21.5 Å². The van der Waals surface area contributed by atoms with Gasteiger partial charge in [-0.3, -0.25) is 10.1 Å². The smallest absolute Gasteiger partial charge is 0.318 e. The van der Waals surface area contributed by atoms with Crippen LogP contribution in [0.3, 0.4) is 0 Å². The number of urea groups is 1. The van der Waals surface area contributed by atoms with Crippen LogP contribution in [0.1, 0.15) is 30.2 Å². The molecule has 3 N–H and O–H groups in total. The number of carbonyl (C=O) groups is 2. The Bertz CT molecular complexity index is 799. The van der Waals surface area contributed by atoms with E-state index in [9.17, 15) is 9.59 Å². The van der Waals surface area contributed by atoms with E-state index in [2.05, 4.69) is 23.2 Å². The number of thioether (sulfide) groups is 1. The SMILES string of the molecule is CC[C@@H]1CCc2sc(-c3nnc(SCC(=O)NC(N)=O)n3C)cc2C1. The summed E-state index contributed by atoms with van der Waals surface area (Å²) < 4.78 is 1.89. The van der Waals surface area contributed by atoms with Gasteiger partial charge in [0.2, 0.25) is 5.91 Å². The summed E-state index contributed by atoms with van der Waals surface area (Å²) >= 11 is 3.01. The molecule has 0 saturated heterocycles. The number of thiophene rings is 1. The van der Waals surface area contributed by atoms with Crippen molar-refractivity contribution in [3.05, 3.63) is 16.5 Å². The molecular formula is C16H21N5O2S2. The molecule has 1 atom stereocenters. The average Bonchev–Trinajstić information content (AvgIpc) is 3.14. The van der Waals surface area contributed by atoms with Crippen LogP contribution in [-0.4, -0.2) is 32.5 Å². The van der Waals surface area contributed by atoms with E-state index in [4.69, 9.17) is 5.73 Å². The first-order valence-corrected chi connectivity index (χ1v) is 10.0. The zero-order chi connectivity index (χ0) is 18.0. The van der Waals surface area contributed by atoms with Gasteiger partial charge in [0.15, 0.2) is 11.0 Å². The molecule has 3 amide bonds. The van der Waals surface area contributed by atoms with Crippen molar-refractivity contribution in [3.63, 3.8) is 0 Å². The van der Waals surface area contributed by atoms with Crippen LogP contribution in [0.4, 0.5) is 4.79 Å². The van der Waals surface area contributed by atoms with E-state index in [0.717, 1.165) is 29.5 Å². The molecule has 0 aliphatic heterocycles. The Hall–Kier alpha value is -1.87. The van der Waals surface area contributed by atoms with Crippen molar-refractivity contribution in [2.24, 2.45) is 18.7 Å². The van der Waals surface area contributed by atoms with Crippen LogP contribution >= 0.6 is 23.1 Å². The Balaban J connectivity index is 1.72. The molecule has 134 valence electrons. The number of aromatic nitrogens is 3. The lowest BCUT2D eigenvalue weighted by atomic mass is 9.87. The topological polar surface area (TPSA) is 103 Å². The number of hydrogen-bond donors (Lipinski definition) is 2. The van der Waals surface area contributed by atoms with Gasteiger partial charge in [-0.2, -0.15) is 0 Å². The number of nitrogens with zero attached hydrogens (tertiary/aromatic N) is 3. The molecule has 2 aromatic rings. The third-order valence-corrected chi connectivity index (χ3v) is 6.67. The summed E-state index contributed by atoms with van der Waals surface area (Å²) in [6.45, 7) is 2.25. The lowest BCUT2D eigenvalue weighted by molar-refractivity contribution is -0.117. The van der Waals surface area contributed by atoms with E-state index >= 15 is 0 Å². The van der Waals surface area contributed by atoms with E-state index in [1.54, 1.807) is 11.3 Å². The molecule has 3 rings (SSSR count). The molecule has 1 aliphatic rings. The maximum atomic E-state index is 11.5. The Morgan fingerprint density at radius 1 is 1.48 bits per heavy atom. The number of amides is 3. The number of imide groups is 1. The molecule has 0 saturated carbocycles. The zero-order valence-electron chi connectivity index (χ0n) is 14.2. The van der Waals surface area contributed by atoms with Gasteiger partial charge in [0, 0.05) is 11.9 Å². The lowest BCUT2D eigenvalue weighted by Crippen LogP contribution is -2.36. The van der Waals surface area contributed by atoms with Gasteiger partial charge in [0.1, 0.15) is 0 Å². The predicted octanol–water partition coefficient (Wildman–Crippen LogP) is 2.35. The Labute approximate surface area is 154 Å². The number of fused-ring (bicyclic) bond motifs is 1. The Morgan fingerprint density at radius 2 is 2.28 bits per heavy atom. The van der Waals surface area contributed by atoms with E-state index in [0.29, 0.717) is 5.16 Å². The molecule has 0 spiro atoms. The summed E-state index contributed by atoms with van der Waals surface area (Å²) in [4.78, 5) is 24.8. The van der Waals surface area contributed by atoms with Crippen molar-refractivity contribution in [3.8, 4) is 10.7 Å². The summed E-state index contributed by atoms with van der Waals surface area (Å²) in [7, 11) is 1.89. The number of hydrogen-bond acceptors (Lipinski definition) is 6. The highest BCUT2D eigenvalue weighted by atomic mass is 32.2. The third-order valence-electron chi connectivity index (χ3n) is 4.41. The second-order valence-electron chi connectivity index (χ2n) is 6.14. The minimum absolute atomic E-state index is 0.0635. The molecule has 0 fully saturated rings. The molecule has 2 aromatic heterocycles. The van der Waals surface area contributed by atoms with Crippen molar-refractivity contribution < 1.29 is 9.59 Å². The fourth-order valence-corrected chi connectivity index (χ4v) is 4.96. The normalized spacial score (nSPS) is 16.5. The number of rotatable bonds is 5. The number of carbonyl (C=O) groups excluding carboxylic acids is 2. The van der Waals surface area contributed by atoms with Crippen molar-refractivity contribution in [2.45, 2.75) is 37.8 Å². The zero-order valence-corrected chi connectivity index (χ0v) is 15.9. The molecular weight excluding hydrogens is 358 g/mol. The van der Waals surface area contributed by atoms with Crippen molar-refractivity contribution in [1.82, 2.24) is 20.1 Å². The van der Waals surface area contributed by atoms with Crippen molar-refractivity contribution in [1.29, 1.82) is 0 Å². The van der Waals surface area contributed by atoms with Crippen LogP contribution in [0.2, 0.25) is 0 Å². The fraction of sp³-hybridized carbons (Fsp3) is 0.500. The van der Waals surface area contributed by atoms with Gasteiger partial charge in [-0.1, -0.05) is 25.1 Å². The highest BCUT2D eigenvalue weighted by Gasteiger charge is 2.22. The van der Waals surface area contributed by atoms with Crippen LogP contribution in [0.25, 0.3) is 10.7 Å². The van der Waals surface area contributed by atoms with Crippen LogP contribution in [-0.2, 0) is 24.7 Å². The van der Waals surface area contributed by atoms with Gasteiger partial charge in [-0.05, 0) is 36.8 Å². The summed E-state index contributed by atoms with van der Waals surface area (Å²) in [5.74, 6) is 1.21. The van der Waals surface area contributed by atoms with Crippen molar-refractivity contribution >= 4 is 35.0 Å². The quantitative estimate of drug-likeness (QED) is 0.776. The molecule has 0 radical (unpaired) electrons. The highest BCUT2D eigenvalue weighted by molar-refractivity contribution is 7.99. The van der Waals surface area contributed by atoms with Crippen molar-refractivity contribution in [2.75, 3.05) is 5.75 Å². The summed E-state index contributed by atoms with van der Waals surface area (Å²) in [5, 5.41) is 11.1. The fourth-order valence-electron chi connectivity index (χ4n) is 3.02.